The van der Waals surface area contributed by atoms with E-state index in [9.17, 15) is 23.6 Å². The molecule has 0 saturated heterocycles. The first kappa shape index (κ1) is 55.9. The molecule has 0 heterocycles. The molecule has 6 rings (SSSR count). The van der Waals surface area contributed by atoms with E-state index in [1.165, 1.54) is 17.2 Å². The second kappa shape index (κ2) is 25.1. The van der Waals surface area contributed by atoms with Gasteiger partial charge in [0.2, 0.25) is 0 Å². The number of ether oxygens (including phenoxy) is 3. The van der Waals surface area contributed by atoms with Gasteiger partial charge in [-0.25, -0.2) is 23.6 Å². The molecule has 0 amide bonds. The van der Waals surface area contributed by atoms with Crippen molar-refractivity contribution < 1.29 is 42.9 Å². The Bertz CT molecular complexity index is 2660. The van der Waals surface area contributed by atoms with Crippen molar-refractivity contribution in [2.75, 3.05) is 0 Å². The van der Waals surface area contributed by atoms with Gasteiger partial charge < -0.3 is 19.3 Å². The summed E-state index contributed by atoms with van der Waals surface area (Å²) < 4.78 is 31.3. The first-order valence-electron chi connectivity index (χ1n) is 21.2. The van der Waals surface area contributed by atoms with Crippen LogP contribution in [0.4, 0.5) is 4.39 Å². The predicted molar refractivity (Wildman–Crippen MR) is 277 cm³/mol. The molecule has 0 saturated carbocycles. The van der Waals surface area contributed by atoms with E-state index in [1.54, 1.807) is 61.5 Å². The van der Waals surface area contributed by atoms with E-state index < -0.39 is 28.7 Å². The van der Waals surface area contributed by atoms with E-state index in [4.69, 9.17) is 19.3 Å². The summed E-state index contributed by atoms with van der Waals surface area (Å²) in [6, 6.07) is 39.8. The number of halogens is 4. The molecule has 0 aliphatic rings. The van der Waals surface area contributed by atoms with Gasteiger partial charge in [-0.15, -0.1) is 0 Å². The van der Waals surface area contributed by atoms with Crippen molar-refractivity contribution in [1.82, 2.24) is 0 Å². The third kappa shape index (κ3) is 18.6. The molecule has 0 aliphatic heterocycles. The van der Waals surface area contributed by atoms with Gasteiger partial charge in [0.05, 0.1) is 22.3 Å². The highest BCUT2D eigenvalue weighted by Gasteiger charge is 2.23. The second-order valence-electron chi connectivity index (χ2n) is 18.1. The van der Waals surface area contributed by atoms with Crippen molar-refractivity contribution in [3.8, 4) is 22.3 Å². The minimum atomic E-state index is -0.910. The van der Waals surface area contributed by atoms with Crippen LogP contribution in [0.3, 0.4) is 0 Å². The Hall–Kier alpha value is -5.43. The summed E-state index contributed by atoms with van der Waals surface area (Å²) in [6.07, 6.45) is 0. The summed E-state index contributed by atoms with van der Waals surface area (Å²) in [5.74, 6) is -2.19. The van der Waals surface area contributed by atoms with Gasteiger partial charge in [-0.1, -0.05) is 107 Å². The van der Waals surface area contributed by atoms with Gasteiger partial charge in [0.25, 0.3) is 0 Å². The van der Waals surface area contributed by atoms with Gasteiger partial charge in [0, 0.05) is 14.3 Å². The van der Waals surface area contributed by atoms with E-state index >= 15 is 0 Å². The molecule has 67 heavy (non-hydrogen) atoms. The smallest absolute Gasteiger partial charge is 0.339 e. The summed E-state index contributed by atoms with van der Waals surface area (Å²) >= 11 is 9.91. The summed E-state index contributed by atoms with van der Waals surface area (Å²) in [7, 11) is 0. The van der Waals surface area contributed by atoms with E-state index in [2.05, 4.69) is 66.8 Å². The van der Waals surface area contributed by atoms with Crippen LogP contribution in [0.15, 0.2) is 142 Å². The Balaban J connectivity index is 0.000000246. The largest absolute Gasteiger partial charge is 0.478 e. The van der Waals surface area contributed by atoms with Crippen LogP contribution >= 0.6 is 47.8 Å². The van der Waals surface area contributed by atoms with Crippen LogP contribution in [0.1, 0.15) is 120 Å². The summed E-state index contributed by atoms with van der Waals surface area (Å²) in [5.41, 5.74) is 6.67. The van der Waals surface area contributed by atoms with Crippen LogP contribution in [-0.4, -0.2) is 45.8 Å². The number of carboxylic acids is 1. The Morgan fingerprint density at radius 2 is 0.851 bits per heavy atom. The Morgan fingerprint density at radius 1 is 0.493 bits per heavy atom. The number of rotatable bonds is 7. The van der Waals surface area contributed by atoms with Crippen molar-refractivity contribution in [1.29, 1.82) is 0 Å². The number of aromatic carboxylic acids is 1. The van der Waals surface area contributed by atoms with Gasteiger partial charge in [0.15, 0.2) is 0 Å². The standard InChI is InChI=1S/C19H21BrO2.C18H19FO2.C11H13BrO2.C7H5BrO2/c1-13-11-14(9-10-15(13)12-20)16-7-5-6-8-17(16)18(21)22-19(2,3)4;1-12-9-10-13(11-16(12)19)14-7-5-6-8-15(14)17(20)21-18(2,3)4;1-11(2,3)14-10(13)8-6-4-5-7-9(8)12;8-6-4-2-1-3-5(6)7(9)10/h5-11H,12H2,1-4H3;5-11H,1-4H3;4-7H,1-3H3;1-4H,(H,9,10). The zero-order valence-corrected chi connectivity index (χ0v) is 44.5. The number of carbonyl (C=O) groups excluding carboxylic acids is 3. The molecule has 8 nitrogen and oxygen atoms in total. The first-order valence-corrected chi connectivity index (χ1v) is 23.9. The number of carbonyl (C=O) groups is 4. The molecule has 12 heteroatoms. The van der Waals surface area contributed by atoms with Crippen LogP contribution < -0.4 is 0 Å². The normalized spacial score (nSPS) is 11.0. The third-order valence-electron chi connectivity index (χ3n) is 8.97. The molecule has 354 valence electrons. The fourth-order valence-electron chi connectivity index (χ4n) is 5.86. The van der Waals surface area contributed by atoms with Gasteiger partial charge in [-0.3, -0.25) is 0 Å². The first-order chi connectivity index (χ1) is 31.2. The third-order valence-corrected chi connectivity index (χ3v) is 11.0. The lowest BCUT2D eigenvalue weighted by Gasteiger charge is -2.20. The molecule has 6 aromatic carbocycles. The SMILES string of the molecule is CC(C)(C)OC(=O)c1ccccc1Br.Cc1cc(-c2ccccc2C(=O)OC(C)(C)C)ccc1CBr.Cc1ccc(-c2ccccc2C(=O)OC(C)(C)C)cc1F.O=C(O)c1ccccc1Br. The van der Waals surface area contributed by atoms with Gasteiger partial charge in [-0.2, -0.15) is 0 Å². The van der Waals surface area contributed by atoms with E-state index in [0.29, 0.717) is 43.4 Å². The average molecular weight is 1110 g/mol. The topological polar surface area (TPSA) is 116 Å². The lowest BCUT2D eigenvalue weighted by molar-refractivity contribution is 0.00565. The maximum absolute atomic E-state index is 13.8. The second-order valence-corrected chi connectivity index (χ2v) is 20.4. The number of carboxylic acid groups (broad SMARTS) is 1. The van der Waals surface area contributed by atoms with Crippen LogP contribution in [0.5, 0.6) is 0 Å². The zero-order valence-electron chi connectivity index (χ0n) is 39.7. The highest BCUT2D eigenvalue weighted by Crippen LogP contribution is 2.29. The molecule has 0 spiro atoms. The molecule has 1 N–H and O–H groups in total. The predicted octanol–water partition coefficient (Wildman–Crippen LogP) is 15.8. The lowest BCUT2D eigenvalue weighted by Crippen LogP contribution is -2.24. The number of hydrogen-bond donors (Lipinski definition) is 1. The molecule has 0 radical (unpaired) electrons. The maximum Gasteiger partial charge on any atom is 0.339 e. The number of hydrogen-bond acceptors (Lipinski definition) is 7. The molecule has 6 aromatic rings. The number of esters is 3. The van der Waals surface area contributed by atoms with E-state index in [1.807, 2.05) is 123 Å². The quantitative estimate of drug-likeness (QED) is 0.0955. The molecular weight excluding hydrogens is 1050 g/mol. The summed E-state index contributed by atoms with van der Waals surface area (Å²) in [6.45, 7) is 20.4. The molecule has 0 fully saturated rings. The van der Waals surface area contributed by atoms with Crippen molar-refractivity contribution in [3.63, 3.8) is 0 Å². The van der Waals surface area contributed by atoms with Crippen LogP contribution in [0, 0.1) is 19.7 Å². The number of benzene rings is 6. The van der Waals surface area contributed by atoms with Crippen LogP contribution in [0.25, 0.3) is 22.3 Å². The highest BCUT2D eigenvalue weighted by molar-refractivity contribution is 9.11. The van der Waals surface area contributed by atoms with Crippen molar-refractivity contribution in [2.24, 2.45) is 0 Å². The maximum atomic E-state index is 13.8. The Kier molecular flexibility index (Phi) is 20.9. The molecule has 0 atom stereocenters. The van der Waals surface area contributed by atoms with Gasteiger partial charge in [-0.05, 0) is 189 Å². The monoisotopic (exact) mass is 1100 g/mol. The van der Waals surface area contributed by atoms with Gasteiger partial charge >= 0.3 is 23.9 Å². The molecule has 0 aromatic heterocycles. The molecule has 0 aliphatic carbocycles. The van der Waals surface area contributed by atoms with Crippen molar-refractivity contribution in [3.05, 3.63) is 187 Å². The van der Waals surface area contributed by atoms with Crippen LogP contribution in [-0.2, 0) is 19.5 Å². The van der Waals surface area contributed by atoms with Crippen LogP contribution in [0.2, 0.25) is 0 Å². The fourth-order valence-corrected chi connectivity index (χ4v) is 7.39. The fraction of sp³-hybridized carbons (Fsp3) is 0.273. The molecular formula is C55H58Br3FO8. The molecule has 0 bridgehead atoms. The van der Waals surface area contributed by atoms with Crippen molar-refractivity contribution in [2.45, 2.75) is 98.3 Å². The lowest BCUT2D eigenvalue weighted by atomic mass is 9.96. The minimum absolute atomic E-state index is 0.286. The number of aryl methyl sites for hydroxylation is 2. The Morgan fingerprint density at radius 3 is 1.21 bits per heavy atom. The summed E-state index contributed by atoms with van der Waals surface area (Å²) in [5, 5.41) is 9.36. The zero-order chi connectivity index (χ0) is 50.3. The molecule has 0 unspecified atom stereocenters. The average Bonchev–Trinajstić information content (AvgIpc) is 3.24. The van der Waals surface area contributed by atoms with Crippen molar-refractivity contribution >= 4 is 71.7 Å². The van der Waals surface area contributed by atoms with E-state index in [0.717, 1.165) is 20.9 Å². The minimum Gasteiger partial charge on any atom is -0.478 e. The van der Waals surface area contributed by atoms with Gasteiger partial charge in [0.1, 0.15) is 22.6 Å². The Labute approximate surface area is 419 Å². The summed E-state index contributed by atoms with van der Waals surface area (Å²) in [4.78, 5) is 46.7. The number of alkyl halides is 1. The highest BCUT2D eigenvalue weighted by atomic mass is 79.9. The van der Waals surface area contributed by atoms with E-state index in [-0.39, 0.29) is 17.8 Å².